The fourth-order valence-corrected chi connectivity index (χ4v) is 2.47. The lowest BCUT2D eigenvalue weighted by molar-refractivity contribution is 0.0859. The largest absolute Gasteiger partial charge is 0.378 e. The number of hydrogen-bond acceptors (Lipinski definition) is 2. The van der Waals surface area contributed by atoms with Crippen LogP contribution in [0.5, 0.6) is 0 Å². The van der Waals surface area contributed by atoms with Gasteiger partial charge in [-0.15, -0.1) is 0 Å². The zero-order chi connectivity index (χ0) is 12.3. The van der Waals surface area contributed by atoms with Crippen molar-refractivity contribution in [2.45, 2.75) is 44.2 Å². The smallest absolute Gasteiger partial charge is 0.123 e. The molecular weight excluding hydrogens is 217 g/mol. The molecule has 0 bridgehead atoms. The SMILES string of the molecule is CC(N)(Cc1ccc(F)cc1)CC1CCCO1. The van der Waals surface area contributed by atoms with Crippen LogP contribution in [-0.4, -0.2) is 18.2 Å². The van der Waals surface area contributed by atoms with Gasteiger partial charge in [-0.3, -0.25) is 0 Å². The molecule has 1 aliphatic heterocycles. The number of nitrogens with two attached hydrogens (primary N) is 1. The molecule has 2 atom stereocenters. The molecule has 2 rings (SSSR count). The number of hydrogen-bond donors (Lipinski definition) is 1. The molecular formula is C14H20FNO. The first kappa shape index (κ1) is 12.5. The van der Waals surface area contributed by atoms with E-state index in [1.807, 2.05) is 6.92 Å². The van der Waals surface area contributed by atoms with Crippen molar-refractivity contribution in [1.82, 2.24) is 0 Å². The highest BCUT2D eigenvalue weighted by atomic mass is 19.1. The van der Waals surface area contributed by atoms with Gasteiger partial charge in [0.15, 0.2) is 0 Å². The number of halogens is 1. The van der Waals surface area contributed by atoms with E-state index in [2.05, 4.69) is 0 Å². The van der Waals surface area contributed by atoms with Gasteiger partial charge in [-0.2, -0.15) is 0 Å². The van der Waals surface area contributed by atoms with Crippen molar-refractivity contribution in [3.8, 4) is 0 Å². The van der Waals surface area contributed by atoms with Crippen LogP contribution in [0, 0.1) is 5.82 Å². The van der Waals surface area contributed by atoms with Crippen LogP contribution in [-0.2, 0) is 11.2 Å². The van der Waals surface area contributed by atoms with Crippen LogP contribution >= 0.6 is 0 Å². The second-order valence-electron chi connectivity index (χ2n) is 5.30. The lowest BCUT2D eigenvalue weighted by atomic mass is 9.87. The molecule has 0 spiro atoms. The van der Waals surface area contributed by atoms with Crippen molar-refractivity contribution in [1.29, 1.82) is 0 Å². The molecule has 1 aromatic carbocycles. The summed E-state index contributed by atoms with van der Waals surface area (Å²) in [6.07, 6.45) is 4.16. The lowest BCUT2D eigenvalue weighted by Gasteiger charge is -2.27. The summed E-state index contributed by atoms with van der Waals surface area (Å²) in [7, 11) is 0. The van der Waals surface area contributed by atoms with Crippen molar-refractivity contribution in [2.75, 3.05) is 6.61 Å². The van der Waals surface area contributed by atoms with Gasteiger partial charge in [0.05, 0.1) is 6.10 Å². The van der Waals surface area contributed by atoms with Crippen LogP contribution in [0.3, 0.4) is 0 Å². The zero-order valence-electron chi connectivity index (χ0n) is 10.3. The van der Waals surface area contributed by atoms with Gasteiger partial charge >= 0.3 is 0 Å². The molecule has 0 saturated carbocycles. The Balaban J connectivity index is 1.93. The molecule has 0 aromatic heterocycles. The maximum Gasteiger partial charge on any atom is 0.123 e. The van der Waals surface area contributed by atoms with E-state index in [1.165, 1.54) is 12.1 Å². The summed E-state index contributed by atoms with van der Waals surface area (Å²) in [6, 6.07) is 6.57. The van der Waals surface area contributed by atoms with Crippen LogP contribution in [0.25, 0.3) is 0 Å². The third-order valence-corrected chi connectivity index (χ3v) is 3.24. The molecule has 0 amide bonds. The highest BCUT2D eigenvalue weighted by Crippen LogP contribution is 2.23. The molecule has 3 heteroatoms. The molecule has 1 aliphatic rings. The Kier molecular flexibility index (Phi) is 3.79. The first-order valence-electron chi connectivity index (χ1n) is 6.20. The van der Waals surface area contributed by atoms with Crippen molar-refractivity contribution >= 4 is 0 Å². The number of rotatable bonds is 4. The van der Waals surface area contributed by atoms with E-state index in [1.54, 1.807) is 12.1 Å². The third kappa shape index (κ3) is 3.79. The average Bonchev–Trinajstić information content (AvgIpc) is 2.73. The van der Waals surface area contributed by atoms with Crippen LogP contribution in [0.4, 0.5) is 4.39 Å². The van der Waals surface area contributed by atoms with E-state index in [4.69, 9.17) is 10.5 Å². The van der Waals surface area contributed by atoms with E-state index < -0.39 is 0 Å². The fourth-order valence-electron chi connectivity index (χ4n) is 2.47. The summed E-state index contributed by atoms with van der Waals surface area (Å²) < 4.78 is 18.4. The maximum absolute atomic E-state index is 12.8. The predicted octanol–water partition coefficient (Wildman–Crippen LogP) is 2.65. The Morgan fingerprint density at radius 1 is 1.41 bits per heavy atom. The second-order valence-corrected chi connectivity index (χ2v) is 5.30. The zero-order valence-corrected chi connectivity index (χ0v) is 10.3. The van der Waals surface area contributed by atoms with Crippen LogP contribution < -0.4 is 5.73 Å². The summed E-state index contributed by atoms with van der Waals surface area (Å²) in [5.41, 5.74) is 7.09. The summed E-state index contributed by atoms with van der Waals surface area (Å²) >= 11 is 0. The Labute approximate surface area is 102 Å². The third-order valence-electron chi connectivity index (χ3n) is 3.24. The van der Waals surface area contributed by atoms with Gasteiger partial charge in [-0.1, -0.05) is 12.1 Å². The van der Waals surface area contributed by atoms with Crippen LogP contribution in [0.2, 0.25) is 0 Å². The van der Waals surface area contributed by atoms with Gasteiger partial charge < -0.3 is 10.5 Å². The average molecular weight is 237 g/mol. The minimum Gasteiger partial charge on any atom is -0.378 e. The molecule has 94 valence electrons. The Bertz CT molecular complexity index is 355. The summed E-state index contributed by atoms with van der Waals surface area (Å²) in [5, 5.41) is 0. The van der Waals surface area contributed by atoms with E-state index in [-0.39, 0.29) is 11.4 Å². The van der Waals surface area contributed by atoms with Crippen molar-refractivity contribution in [2.24, 2.45) is 5.73 Å². The Morgan fingerprint density at radius 3 is 2.71 bits per heavy atom. The fraction of sp³-hybridized carbons (Fsp3) is 0.571. The van der Waals surface area contributed by atoms with Gasteiger partial charge in [-0.25, -0.2) is 4.39 Å². The summed E-state index contributed by atoms with van der Waals surface area (Å²) in [5.74, 6) is -0.202. The second kappa shape index (κ2) is 5.15. The first-order valence-corrected chi connectivity index (χ1v) is 6.20. The molecule has 1 saturated heterocycles. The highest BCUT2D eigenvalue weighted by Gasteiger charge is 2.26. The van der Waals surface area contributed by atoms with Crippen LogP contribution in [0.1, 0.15) is 31.7 Å². The molecule has 0 radical (unpaired) electrons. The van der Waals surface area contributed by atoms with Crippen molar-refractivity contribution < 1.29 is 9.13 Å². The lowest BCUT2D eigenvalue weighted by Crippen LogP contribution is -2.41. The first-order chi connectivity index (χ1) is 8.05. The summed E-state index contributed by atoms with van der Waals surface area (Å²) in [4.78, 5) is 0. The number of ether oxygens (including phenoxy) is 1. The molecule has 2 nitrogen and oxygen atoms in total. The summed E-state index contributed by atoms with van der Waals surface area (Å²) in [6.45, 7) is 2.90. The van der Waals surface area contributed by atoms with Gasteiger partial charge in [0.25, 0.3) is 0 Å². The topological polar surface area (TPSA) is 35.2 Å². The van der Waals surface area contributed by atoms with Gasteiger partial charge in [0, 0.05) is 12.1 Å². The van der Waals surface area contributed by atoms with Crippen molar-refractivity contribution in [3.05, 3.63) is 35.6 Å². The van der Waals surface area contributed by atoms with Crippen LogP contribution in [0.15, 0.2) is 24.3 Å². The van der Waals surface area contributed by atoms with Gasteiger partial charge in [0.1, 0.15) is 5.82 Å². The standard InChI is InChI=1S/C14H20FNO/c1-14(16,10-13-3-2-8-17-13)9-11-4-6-12(15)7-5-11/h4-7,13H,2-3,8-10,16H2,1H3. The van der Waals surface area contributed by atoms with E-state index in [0.717, 1.165) is 37.9 Å². The maximum atomic E-state index is 12.8. The van der Waals surface area contributed by atoms with E-state index >= 15 is 0 Å². The predicted molar refractivity (Wildman–Crippen MR) is 66.3 cm³/mol. The molecule has 0 aliphatic carbocycles. The van der Waals surface area contributed by atoms with Crippen molar-refractivity contribution in [3.63, 3.8) is 0 Å². The Hall–Kier alpha value is -0.930. The molecule has 2 N–H and O–H groups in total. The minimum atomic E-state index is -0.285. The number of benzene rings is 1. The quantitative estimate of drug-likeness (QED) is 0.873. The van der Waals surface area contributed by atoms with E-state index in [9.17, 15) is 4.39 Å². The molecule has 17 heavy (non-hydrogen) atoms. The van der Waals surface area contributed by atoms with Gasteiger partial charge in [-0.05, 0) is 50.3 Å². The molecule has 1 aromatic rings. The molecule has 1 heterocycles. The molecule has 1 fully saturated rings. The molecule has 2 unspecified atom stereocenters. The monoisotopic (exact) mass is 237 g/mol. The minimum absolute atomic E-state index is 0.202. The van der Waals surface area contributed by atoms with E-state index in [0.29, 0.717) is 6.10 Å². The van der Waals surface area contributed by atoms with Gasteiger partial charge in [0.2, 0.25) is 0 Å². The highest BCUT2D eigenvalue weighted by molar-refractivity contribution is 5.18. The Morgan fingerprint density at radius 2 is 2.12 bits per heavy atom. The normalized spacial score (nSPS) is 23.6.